The minimum atomic E-state index is -0.270. The van der Waals surface area contributed by atoms with Gasteiger partial charge in [0.15, 0.2) is 6.29 Å². The maximum Gasteiger partial charge on any atom is 0.151 e. The molecule has 0 saturated heterocycles. The van der Waals surface area contributed by atoms with Crippen LogP contribution in [0.3, 0.4) is 0 Å². The molecular formula is C14H13FN2O. The van der Waals surface area contributed by atoms with E-state index in [-0.39, 0.29) is 5.82 Å². The second kappa shape index (κ2) is 4.96. The van der Waals surface area contributed by atoms with Crippen molar-refractivity contribution in [1.29, 1.82) is 0 Å². The normalized spacial score (nSPS) is 10.2. The zero-order chi connectivity index (χ0) is 13.1. The van der Waals surface area contributed by atoms with Crippen molar-refractivity contribution in [2.45, 2.75) is 6.92 Å². The van der Waals surface area contributed by atoms with Gasteiger partial charge in [-0.25, -0.2) is 9.37 Å². The molecule has 2 rings (SSSR count). The van der Waals surface area contributed by atoms with Crippen LogP contribution in [0.4, 0.5) is 15.9 Å². The maximum atomic E-state index is 12.9. The average Bonchev–Trinajstić information content (AvgIpc) is 2.38. The van der Waals surface area contributed by atoms with Crippen LogP contribution in [0.5, 0.6) is 0 Å². The molecule has 3 nitrogen and oxygen atoms in total. The fraction of sp³-hybridized carbons (Fsp3) is 0.143. The molecule has 1 aromatic heterocycles. The molecule has 0 radical (unpaired) electrons. The monoisotopic (exact) mass is 244 g/mol. The lowest BCUT2D eigenvalue weighted by atomic mass is 10.2. The number of aryl methyl sites for hydroxylation is 1. The van der Waals surface area contributed by atoms with E-state index in [1.165, 1.54) is 18.3 Å². The van der Waals surface area contributed by atoms with Crippen molar-refractivity contribution in [3.8, 4) is 0 Å². The quantitative estimate of drug-likeness (QED) is 0.778. The van der Waals surface area contributed by atoms with Crippen LogP contribution in [0.1, 0.15) is 15.9 Å². The van der Waals surface area contributed by atoms with E-state index in [9.17, 15) is 9.18 Å². The van der Waals surface area contributed by atoms with Crippen LogP contribution >= 0.6 is 0 Å². The number of carbonyl (C=O) groups excluding carboxylic acids is 1. The highest BCUT2D eigenvalue weighted by atomic mass is 19.1. The van der Waals surface area contributed by atoms with Crippen molar-refractivity contribution in [1.82, 2.24) is 4.98 Å². The summed E-state index contributed by atoms with van der Waals surface area (Å²) in [4.78, 5) is 16.8. The van der Waals surface area contributed by atoms with Gasteiger partial charge < -0.3 is 4.90 Å². The molecule has 0 aliphatic rings. The number of nitrogens with zero attached hydrogens (tertiary/aromatic N) is 2. The first-order valence-corrected chi connectivity index (χ1v) is 5.53. The van der Waals surface area contributed by atoms with E-state index in [1.54, 1.807) is 18.2 Å². The topological polar surface area (TPSA) is 33.2 Å². The third kappa shape index (κ3) is 2.37. The fourth-order valence-corrected chi connectivity index (χ4v) is 1.79. The minimum Gasteiger partial charge on any atom is -0.329 e. The van der Waals surface area contributed by atoms with Crippen molar-refractivity contribution in [3.63, 3.8) is 0 Å². The Labute approximate surface area is 105 Å². The van der Waals surface area contributed by atoms with E-state index in [1.807, 2.05) is 18.9 Å². The minimum absolute atomic E-state index is 0.270. The van der Waals surface area contributed by atoms with Gasteiger partial charge >= 0.3 is 0 Å². The van der Waals surface area contributed by atoms with E-state index in [4.69, 9.17) is 0 Å². The van der Waals surface area contributed by atoms with Crippen molar-refractivity contribution in [2.24, 2.45) is 0 Å². The first-order valence-electron chi connectivity index (χ1n) is 5.53. The SMILES string of the molecule is Cc1cc(C=O)cnc1N(C)c1ccc(F)cc1. The highest BCUT2D eigenvalue weighted by Crippen LogP contribution is 2.24. The van der Waals surface area contributed by atoms with Crippen LogP contribution in [-0.2, 0) is 0 Å². The van der Waals surface area contributed by atoms with Gasteiger partial charge in [-0.15, -0.1) is 0 Å². The molecule has 4 heteroatoms. The number of aldehydes is 1. The summed E-state index contributed by atoms with van der Waals surface area (Å²) in [5.41, 5.74) is 2.28. The summed E-state index contributed by atoms with van der Waals surface area (Å²) >= 11 is 0. The van der Waals surface area contributed by atoms with Gasteiger partial charge in [-0.1, -0.05) is 0 Å². The Hall–Kier alpha value is -2.23. The number of pyridine rings is 1. The van der Waals surface area contributed by atoms with Gasteiger partial charge in [0.2, 0.25) is 0 Å². The van der Waals surface area contributed by atoms with Crippen LogP contribution in [0, 0.1) is 12.7 Å². The number of benzene rings is 1. The molecule has 0 aliphatic heterocycles. The predicted octanol–water partition coefficient (Wildman–Crippen LogP) is 3.11. The molecule has 0 N–H and O–H groups in total. The highest BCUT2D eigenvalue weighted by molar-refractivity contribution is 5.76. The summed E-state index contributed by atoms with van der Waals surface area (Å²) in [5.74, 6) is 0.473. The number of hydrogen-bond donors (Lipinski definition) is 0. The molecule has 1 aromatic carbocycles. The Bertz CT molecular complexity index is 567. The van der Waals surface area contributed by atoms with Crippen molar-refractivity contribution in [3.05, 3.63) is 53.5 Å². The second-order valence-electron chi connectivity index (χ2n) is 4.06. The zero-order valence-corrected chi connectivity index (χ0v) is 10.2. The van der Waals surface area contributed by atoms with E-state index in [2.05, 4.69) is 4.98 Å². The number of halogens is 1. The summed E-state index contributed by atoms with van der Waals surface area (Å²) in [5, 5.41) is 0. The van der Waals surface area contributed by atoms with E-state index >= 15 is 0 Å². The van der Waals surface area contributed by atoms with Gasteiger partial charge in [0.25, 0.3) is 0 Å². The Balaban J connectivity index is 2.36. The summed E-state index contributed by atoms with van der Waals surface area (Å²) in [6.45, 7) is 1.88. The molecule has 1 heterocycles. The molecule has 0 amide bonds. The van der Waals surface area contributed by atoms with Gasteiger partial charge in [0.1, 0.15) is 11.6 Å². The van der Waals surface area contributed by atoms with Gasteiger partial charge in [0.05, 0.1) is 0 Å². The van der Waals surface area contributed by atoms with Gasteiger partial charge in [-0.3, -0.25) is 4.79 Å². The third-order valence-electron chi connectivity index (χ3n) is 2.74. The zero-order valence-electron chi connectivity index (χ0n) is 10.2. The van der Waals surface area contributed by atoms with Crippen LogP contribution < -0.4 is 4.90 Å². The molecule has 0 aliphatic carbocycles. The van der Waals surface area contributed by atoms with Crippen LogP contribution in [-0.4, -0.2) is 18.3 Å². The van der Waals surface area contributed by atoms with E-state index in [0.717, 1.165) is 23.4 Å². The molecular weight excluding hydrogens is 231 g/mol. The summed E-state index contributed by atoms with van der Waals surface area (Å²) in [6.07, 6.45) is 2.29. The van der Waals surface area contributed by atoms with Gasteiger partial charge in [-0.2, -0.15) is 0 Å². The molecule has 0 saturated carbocycles. The van der Waals surface area contributed by atoms with Crippen molar-refractivity contribution in [2.75, 3.05) is 11.9 Å². The van der Waals surface area contributed by atoms with E-state index < -0.39 is 0 Å². The molecule has 0 atom stereocenters. The summed E-state index contributed by atoms with van der Waals surface area (Å²) in [7, 11) is 1.85. The Kier molecular flexibility index (Phi) is 3.37. The standard InChI is InChI=1S/C14H13FN2O/c1-10-7-11(9-18)8-16-14(10)17(2)13-5-3-12(15)4-6-13/h3-9H,1-2H3. The van der Waals surface area contributed by atoms with Crippen LogP contribution in [0.25, 0.3) is 0 Å². The molecule has 0 fully saturated rings. The molecule has 18 heavy (non-hydrogen) atoms. The first-order chi connectivity index (χ1) is 8.61. The lowest BCUT2D eigenvalue weighted by Gasteiger charge is -2.20. The van der Waals surface area contributed by atoms with E-state index in [0.29, 0.717) is 5.56 Å². The van der Waals surface area contributed by atoms with Crippen molar-refractivity contribution < 1.29 is 9.18 Å². The number of rotatable bonds is 3. The Morgan fingerprint density at radius 3 is 2.50 bits per heavy atom. The van der Waals surface area contributed by atoms with Gasteiger partial charge in [-0.05, 0) is 42.8 Å². The summed E-state index contributed by atoms with van der Waals surface area (Å²) < 4.78 is 12.9. The van der Waals surface area contributed by atoms with Crippen LogP contribution in [0.15, 0.2) is 36.5 Å². The lowest BCUT2D eigenvalue weighted by molar-refractivity contribution is 0.112. The van der Waals surface area contributed by atoms with Crippen molar-refractivity contribution >= 4 is 17.8 Å². The van der Waals surface area contributed by atoms with Gasteiger partial charge in [0, 0.05) is 24.5 Å². The first kappa shape index (κ1) is 12.2. The second-order valence-corrected chi connectivity index (χ2v) is 4.06. The largest absolute Gasteiger partial charge is 0.329 e. The number of aromatic nitrogens is 1. The molecule has 0 spiro atoms. The predicted molar refractivity (Wildman–Crippen MR) is 68.8 cm³/mol. The fourth-order valence-electron chi connectivity index (χ4n) is 1.79. The third-order valence-corrected chi connectivity index (χ3v) is 2.74. The smallest absolute Gasteiger partial charge is 0.151 e. The highest BCUT2D eigenvalue weighted by Gasteiger charge is 2.09. The Morgan fingerprint density at radius 2 is 1.94 bits per heavy atom. The maximum absolute atomic E-state index is 12.9. The number of carbonyl (C=O) groups is 1. The average molecular weight is 244 g/mol. The summed E-state index contributed by atoms with van der Waals surface area (Å²) in [6, 6.07) is 7.95. The Morgan fingerprint density at radius 1 is 1.28 bits per heavy atom. The molecule has 0 bridgehead atoms. The number of hydrogen-bond acceptors (Lipinski definition) is 3. The molecule has 2 aromatic rings. The van der Waals surface area contributed by atoms with Crippen LogP contribution in [0.2, 0.25) is 0 Å². The number of anilines is 2. The lowest BCUT2D eigenvalue weighted by Crippen LogP contribution is -2.12. The molecule has 0 unspecified atom stereocenters. The molecule has 92 valence electrons.